The third kappa shape index (κ3) is 3.89. The van der Waals surface area contributed by atoms with Gasteiger partial charge in [-0.2, -0.15) is 0 Å². The Kier molecular flexibility index (Phi) is 5.30. The van der Waals surface area contributed by atoms with Crippen LogP contribution in [0.4, 0.5) is 0 Å². The molecule has 2 atom stereocenters. The molecule has 3 heteroatoms. The van der Waals surface area contributed by atoms with E-state index in [4.69, 9.17) is 0 Å². The number of hydrogen-bond acceptors (Lipinski definition) is 1. The van der Waals surface area contributed by atoms with Crippen LogP contribution in [0.15, 0.2) is 27.1 Å². The molecule has 1 aromatic carbocycles. The van der Waals surface area contributed by atoms with E-state index < -0.39 is 0 Å². The summed E-state index contributed by atoms with van der Waals surface area (Å²) in [4.78, 5) is 0. The van der Waals surface area contributed by atoms with Gasteiger partial charge in [-0.05, 0) is 36.1 Å². The van der Waals surface area contributed by atoms with Gasteiger partial charge < -0.3 is 5.11 Å². The first-order valence-corrected chi connectivity index (χ1v) is 6.77. The third-order valence-electron chi connectivity index (χ3n) is 2.51. The van der Waals surface area contributed by atoms with Crippen LogP contribution in [0.25, 0.3) is 0 Å². The maximum atomic E-state index is 10.1. The quantitative estimate of drug-likeness (QED) is 0.846. The lowest BCUT2D eigenvalue weighted by molar-refractivity contribution is 0.112. The summed E-state index contributed by atoms with van der Waals surface area (Å²) in [5, 5.41) is 10.1. The molecule has 0 saturated carbocycles. The van der Waals surface area contributed by atoms with E-state index in [9.17, 15) is 5.11 Å². The molecule has 1 N–H and O–H groups in total. The highest BCUT2D eigenvalue weighted by Gasteiger charge is 2.16. The van der Waals surface area contributed by atoms with E-state index in [1.807, 2.05) is 18.2 Å². The normalized spacial score (nSPS) is 15.0. The number of halogens is 2. The zero-order chi connectivity index (χ0) is 11.4. The highest BCUT2D eigenvalue weighted by molar-refractivity contribution is 9.11. The Morgan fingerprint density at radius 2 is 1.73 bits per heavy atom. The van der Waals surface area contributed by atoms with Crippen molar-refractivity contribution in [3.8, 4) is 0 Å². The van der Waals surface area contributed by atoms with Gasteiger partial charge in [-0.1, -0.05) is 52.1 Å². The molecule has 1 nitrogen and oxygen atoms in total. The van der Waals surface area contributed by atoms with Gasteiger partial charge in [-0.25, -0.2) is 0 Å². The summed E-state index contributed by atoms with van der Waals surface area (Å²) in [5.41, 5.74) is 0.970. The Bertz CT molecular complexity index is 305. The molecule has 15 heavy (non-hydrogen) atoms. The maximum Gasteiger partial charge on any atom is 0.0816 e. The van der Waals surface area contributed by atoms with E-state index in [0.717, 1.165) is 27.4 Å². The second kappa shape index (κ2) is 6.02. The predicted octanol–water partition coefficient (Wildman–Crippen LogP) is 4.68. The molecule has 0 heterocycles. The van der Waals surface area contributed by atoms with Gasteiger partial charge in [0.1, 0.15) is 0 Å². The highest BCUT2D eigenvalue weighted by atomic mass is 79.9. The Hall–Kier alpha value is 0.140. The van der Waals surface area contributed by atoms with Gasteiger partial charge in [0.15, 0.2) is 0 Å². The minimum atomic E-state index is -0.376. The van der Waals surface area contributed by atoms with Crippen molar-refractivity contribution in [2.75, 3.05) is 0 Å². The highest BCUT2D eigenvalue weighted by Crippen LogP contribution is 2.29. The lowest BCUT2D eigenvalue weighted by Crippen LogP contribution is -2.08. The van der Waals surface area contributed by atoms with Crippen molar-refractivity contribution in [1.29, 1.82) is 0 Å². The molecule has 1 aromatic rings. The molecule has 2 unspecified atom stereocenters. The molecule has 0 aliphatic rings. The lowest BCUT2D eigenvalue weighted by atomic mass is 9.94. The van der Waals surface area contributed by atoms with Crippen molar-refractivity contribution in [2.24, 2.45) is 5.92 Å². The average Bonchev–Trinajstić information content (AvgIpc) is 2.15. The minimum Gasteiger partial charge on any atom is -0.388 e. The number of rotatable bonds is 4. The van der Waals surface area contributed by atoms with Crippen molar-refractivity contribution in [1.82, 2.24) is 0 Å². The number of aliphatic hydroxyl groups is 1. The molecule has 0 bridgehead atoms. The fourth-order valence-corrected chi connectivity index (χ4v) is 3.02. The van der Waals surface area contributed by atoms with Gasteiger partial charge >= 0.3 is 0 Å². The molecular formula is C12H16Br2O. The SMILES string of the molecule is CCCC(C)C(O)c1cc(Br)cc(Br)c1. The molecule has 0 aliphatic heterocycles. The molecule has 0 aliphatic carbocycles. The van der Waals surface area contributed by atoms with Crippen molar-refractivity contribution < 1.29 is 5.11 Å². The van der Waals surface area contributed by atoms with Crippen LogP contribution in [0.1, 0.15) is 38.4 Å². The maximum absolute atomic E-state index is 10.1. The first kappa shape index (κ1) is 13.2. The van der Waals surface area contributed by atoms with Crippen molar-refractivity contribution in [3.63, 3.8) is 0 Å². The average molecular weight is 336 g/mol. The monoisotopic (exact) mass is 334 g/mol. The molecule has 1 rings (SSSR count). The number of benzene rings is 1. The summed E-state index contributed by atoms with van der Waals surface area (Å²) >= 11 is 6.86. The largest absolute Gasteiger partial charge is 0.388 e. The van der Waals surface area contributed by atoms with Crippen LogP contribution in [-0.4, -0.2) is 5.11 Å². The zero-order valence-electron chi connectivity index (χ0n) is 9.00. The van der Waals surface area contributed by atoms with Gasteiger partial charge in [0, 0.05) is 8.95 Å². The van der Waals surface area contributed by atoms with Gasteiger partial charge in [0.25, 0.3) is 0 Å². The minimum absolute atomic E-state index is 0.302. The van der Waals surface area contributed by atoms with Crippen LogP contribution in [0, 0.1) is 5.92 Å². The van der Waals surface area contributed by atoms with E-state index in [1.165, 1.54) is 0 Å². The smallest absolute Gasteiger partial charge is 0.0816 e. The Morgan fingerprint density at radius 1 is 1.20 bits per heavy atom. The van der Waals surface area contributed by atoms with Gasteiger partial charge in [-0.15, -0.1) is 0 Å². The Balaban J connectivity index is 2.85. The van der Waals surface area contributed by atoms with Gasteiger partial charge in [0.2, 0.25) is 0 Å². The number of hydrogen-bond donors (Lipinski definition) is 1. The Morgan fingerprint density at radius 3 is 2.20 bits per heavy atom. The van der Waals surface area contributed by atoms with Gasteiger partial charge in [-0.3, -0.25) is 0 Å². The first-order chi connectivity index (χ1) is 7.04. The van der Waals surface area contributed by atoms with E-state index in [0.29, 0.717) is 5.92 Å². The fraction of sp³-hybridized carbons (Fsp3) is 0.500. The summed E-state index contributed by atoms with van der Waals surface area (Å²) in [6, 6.07) is 5.92. The summed E-state index contributed by atoms with van der Waals surface area (Å²) < 4.78 is 1.99. The molecule has 0 spiro atoms. The predicted molar refractivity (Wildman–Crippen MR) is 70.9 cm³/mol. The summed E-state index contributed by atoms with van der Waals surface area (Å²) in [6.07, 6.45) is 1.78. The molecule has 0 amide bonds. The van der Waals surface area contributed by atoms with Crippen LogP contribution in [0.2, 0.25) is 0 Å². The Labute approximate surface area is 108 Å². The van der Waals surface area contributed by atoms with E-state index in [2.05, 4.69) is 45.7 Å². The molecule has 0 aromatic heterocycles. The van der Waals surface area contributed by atoms with Crippen LogP contribution in [0.5, 0.6) is 0 Å². The fourth-order valence-electron chi connectivity index (χ4n) is 1.69. The van der Waals surface area contributed by atoms with Gasteiger partial charge in [0.05, 0.1) is 6.10 Å². The van der Waals surface area contributed by atoms with E-state index in [-0.39, 0.29) is 6.10 Å². The summed E-state index contributed by atoms with van der Waals surface area (Å²) in [6.45, 7) is 4.23. The molecule has 0 radical (unpaired) electrons. The molecule has 84 valence electrons. The lowest BCUT2D eigenvalue weighted by Gasteiger charge is -2.19. The zero-order valence-corrected chi connectivity index (χ0v) is 12.2. The van der Waals surface area contributed by atoms with Crippen molar-refractivity contribution >= 4 is 31.9 Å². The van der Waals surface area contributed by atoms with E-state index in [1.54, 1.807) is 0 Å². The van der Waals surface area contributed by atoms with Crippen molar-refractivity contribution in [2.45, 2.75) is 32.8 Å². The first-order valence-electron chi connectivity index (χ1n) is 5.18. The molecule has 0 saturated heterocycles. The van der Waals surface area contributed by atoms with Crippen LogP contribution >= 0.6 is 31.9 Å². The number of aliphatic hydroxyl groups excluding tert-OH is 1. The topological polar surface area (TPSA) is 20.2 Å². The van der Waals surface area contributed by atoms with E-state index >= 15 is 0 Å². The second-order valence-corrected chi connectivity index (χ2v) is 5.74. The van der Waals surface area contributed by atoms with Crippen LogP contribution in [0.3, 0.4) is 0 Å². The third-order valence-corrected chi connectivity index (χ3v) is 3.43. The van der Waals surface area contributed by atoms with Crippen LogP contribution in [-0.2, 0) is 0 Å². The molecule has 0 fully saturated rings. The second-order valence-electron chi connectivity index (χ2n) is 3.91. The molecular weight excluding hydrogens is 320 g/mol. The summed E-state index contributed by atoms with van der Waals surface area (Å²) in [7, 11) is 0. The standard InChI is InChI=1S/C12H16Br2O/c1-3-4-8(2)12(15)9-5-10(13)7-11(14)6-9/h5-8,12,15H,3-4H2,1-2H3. The summed E-state index contributed by atoms with van der Waals surface area (Å²) in [5.74, 6) is 0.302. The van der Waals surface area contributed by atoms with Crippen LogP contribution < -0.4 is 0 Å². The van der Waals surface area contributed by atoms with Crippen molar-refractivity contribution in [3.05, 3.63) is 32.7 Å².